The van der Waals surface area contributed by atoms with E-state index in [0.29, 0.717) is 0 Å². The predicted octanol–water partition coefficient (Wildman–Crippen LogP) is 1.41. The summed E-state index contributed by atoms with van der Waals surface area (Å²) in [4.78, 5) is 0. The van der Waals surface area contributed by atoms with Gasteiger partial charge in [0.15, 0.2) is 5.75 Å². The Bertz CT molecular complexity index is 249. The molecule has 0 amide bonds. The van der Waals surface area contributed by atoms with Gasteiger partial charge in [-0.1, -0.05) is 6.92 Å². The highest BCUT2D eigenvalue weighted by molar-refractivity contribution is 5.24. The minimum atomic E-state index is 0.824. The maximum Gasteiger partial charge on any atom is 0.161 e. The second-order valence-electron chi connectivity index (χ2n) is 3.15. The summed E-state index contributed by atoms with van der Waals surface area (Å²) in [5, 5.41) is 7.58. The summed E-state index contributed by atoms with van der Waals surface area (Å²) in [6.45, 7) is 6.96. The van der Waals surface area contributed by atoms with Crippen LogP contribution in [0, 0.1) is 0 Å². The highest BCUT2D eigenvalue weighted by Crippen LogP contribution is 2.16. The molecule has 0 aliphatic heterocycles. The topological polar surface area (TPSA) is 39.1 Å². The first kappa shape index (κ1) is 11.0. The number of hydrogen-bond donors (Lipinski definition) is 1. The predicted molar refractivity (Wildman–Crippen MR) is 56.5 cm³/mol. The van der Waals surface area contributed by atoms with Crippen molar-refractivity contribution in [2.24, 2.45) is 0 Å². The summed E-state index contributed by atoms with van der Waals surface area (Å²) in [6, 6.07) is 0. The molecule has 1 N–H and O–H groups in total. The van der Waals surface area contributed by atoms with E-state index in [-0.39, 0.29) is 0 Å². The van der Waals surface area contributed by atoms with Gasteiger partial charge in [0, 0.05) is 13.1 Å². The van der Waals surface area contributed by atoms with Gasteiger partial charge in [-0.15, -0.1) is 0 Å². The van der Waals surface area contributed by atoms with Gasteiger partial charge >= 0.3 is 0 Å². The Morgan fingerprint density at radius 1 is 1.50 bits per heavy atom. The second kappa shape index (κ2) is 5.65. The summed E-state index contributed by atoms with van der Waals surface area (Å²) in [6.07, 6.45) is 2.91. The molecule has 0 fully saturated rings. The Kier molecular flexibility index (Phi) is 4.46. The third-order valence-corrected chi connectivity index (χ3v) is 2.15. The molecule has 80 valence electrons. The molecule has 14 heavy (non-hydrogen) atoms. The van der Waals surface area contributed by atoms with Crippen molar-refractivity contribution in [2.45, 2.75) is 33.4 Å². The van der Waals surface area contributed by atoms with Crippen LogP contribution in [0.15, 0.2) is 6.20 Å². The van der Waals surface area contributed by atoms with E-state index in [1.165, 1.54) is 0 Å². The molecule has 4 heteroatoms. The van der Waals surface area contributed by atoms with Crippen molar-refractivity contribution in [1.82, 2.24) is 15.1 Å². The maximum atomic E-state index is 5.24. The molecule has 4 nitrogen and oxygen atoms in total. The van der Waals surface area contributed by atoms with Crippen molar-refractivity contribution in [3.8, 4) is 5.75 Å². The van der Waals surface area contributed by atoms with Crippen LogP contribution in [0.3, 0.4) is 0 Å². The number of nitrogens with zero attached hydrogens (tertiary/aromatic N) is 2. The van der Waals surface area contributed by atoms with Gasteiger partial charge in [0.1, 0.15) is 0 Å². The van der Waals surface area contributed by atoms with Crippen LogP contribution in [0.2, 0.25) is 0 Å². The molecule has 0 aromatic carbocycles. The SMILES string of the molecule is CCCNCc1c(OC)cnn1CC. The first-order chi connectivity index (χ1) is 6.83. The summed E-state index contributed by atoms with van der Waals surface area (Å²) >= 11 is 0. The third kappa shape index (κ3) is 2.48. The fourth-order valence-corrected chi connectivity index (χ4v) is 1.40. The van der Waals surface area contributed by atoms with Crippen molar-refractivity contribution in [2.75, 3.05) is 13.7 Å². The average molecular weight is 197 g/mol. The second-order valence-corrected chi connectivity index (χ2v) is 3.15. The van der Waals surface area contributed by atoms with Gasteiger partial charge in [-0.25, -0.2) is 0 Å². The summed E-state index contributed by atoms with van der Waals surface area (Å²) in [5.74, 6) is 0.871. The van der Waals surface area contributed by atoms with E-state index in [1.807, 2.05) is 4.68 Å². The molecule has 0 atom stereocenters. The molecule has 1 heterocycles. The van der Waals surface area contributed by atoms with Crippen molar-refractivity contribution < 1.29 is 4.74 Å². The molecule has 0 saturated carbocycles. The Labute approximate surface area is 85.3 Å². The smallest absolute Gasteiger partial charge is 0.161 e. The summed E-state index contributed by atoms with van der Waals surface area (Å²) in [7, 11) is 1.68. The van der Waals surface area contributed by atoms with E-state index in [4.69, 9.17) is 4.74 Å². The molecule has 1 aromatic rings. The zero-order chi connectivity index (χ0) is 10.4. The van der Waals surface area contributed by atoms with E-state index < -0.39 is 0 Å². The van der Waals surface area contributed by atoms with Crippen LogP contribution in [0.25, 0.3) is 0 Å². The van der Waals surface area contributed by atoms with Gasteiger partial charge in [-0.2, -0.15) is 5.10 Å². The quantitative estimate of drug-likeness (QED) is 0.701. The zero-order valence-electron chi connectivity index (χ0n) is 9.21. The first-order valence-corrected chi connectivity index (χ1v) is 5.12. The molecule has 1 rings (SSSR count). The van der Waals surface area contributed by atoms with Crippen LogP contribution in [-0.2, 0) is 13.1 Å². The van der Waals surface area contributed by atoms with Gasteiger partial charge in [0.25, 0.3) is 0 Å². The Morgan fingerprint density at radius 3 is 2.86 bits per heavy atom. The largest absolute Gasteiger partial charge is 0.493 e. The molecular formula is C10H19N3O. The van der Waals surface area contributed by atoms with Crippen LogP contribution in [0.1, 0.15) is 26.0 Å². The van der Waals surface area contributed by atoms with Crippen molar-refractivity contribution in [3.63, 3.8) is 0 Å². The van der Waals surface area contributed by atoms with Gasteiger partial charge in [0.2, 0.25) is 0 Å². The van der Waals surface area contributed by atoms with Gasteiger partial charge in [-0.05, 0) is 19.9 Å². The standard InChI is InChI=1S/C10H19N3O/c1-4-6-11-7-9-10(14-3)8-12-13(9)5-2/h8,11H,4-7H2,1-3H3. The molecule has 0 aliphatic rings. The van der Waals surface area contributed by atoms with E-state index in [0.717, 1.165) is 37.5 Å². The lowest BCUT2D eigenvalue weighted by Crippen LogP contribution is -2.17. The van der Waals surface area contributed by atoms with E-state index in [9.17, 15) is 0 Å². The lowest BCUT2D eigenvalue weighted by molar-refractivity contribution is 0.404. The fraction of sp³-hybridized carbons (Fsp3) is 0.700. The highest BCUT2D eigenvalue weighted by atomic mass is 16.5. The number of rotatable bonds is 6. The Balaban J connectivity index is 2.65. The molecule has 0 unspecified atom stereocenters. The fourth-order valence-electron chi connectivity index (χ4n) is 1.40. The molecule has 0 spiro atoms. The zero-order valence-corrected chi connectivity index (χ0v) is 9.21. The normalized spacial score (nSPS) is 10.5. The van der Waals surface area contributed by atoms with Crippen molar-refractivity contribution in [3.05, 3.63) is 11.9 Å². The van der Waals surface area contributed by atoms with Gasteiger partial charge < -0.3 is 10.1 Å². The van der Waals surface area contributed by atoms with Crippen LogP contribution >= 0.6 is 0 Å². The summed E-state index contributed by atoms with van der Waals surface area (Å²) in [5.41, 5.74) is 1.13. The lowest BCUT2D eigenvalue weighted by atomic mass is 10.3. The molecule has 1 aromatic heterocycles. The van der Waals surface area contributed by atoms with Crippen molar-refractivity contribution in [1.29, 1.82) is 0 Å². The average Bonchev–Trinajstić information content (AvgIpc) is 2.60. The van der Waals surface area contributed by atoms with E-state index in [1.54, 1.807) is 13.3 Å². The first-order valence-electron chi connectivity index (χ1n) is 5.12. The number of hydrogen-bond acceptors (Lipinski definition) is 3. The van der Waals surface area contributed by atoms with Crippen LogP contribution in [0.4, 0.5) is 0 Å². The van der Waals surface area contributed by atoms with E-state index >= 15 is 0 Å². The van der Waals surface area contributed by atoms with Crippen LogP contribution in [0.5, 0.6) is 5.75 Å². The Morgan fingerprint density at radius 2 is 2.29 bits per heavy atom. The minimum absolute atomic E-state index is 0.824. The molecule has 0 bridgehead atoms. The van der Waals surface area contributed by atoms with Crippen LogP contribution < -0.4 is 10.1 Å². The highest BCUT2D eigenvalue weighted by Gasteiger charge is 2.08. The van der Waals surface area contributed by atoms with Crippen LogP contribution in [-0.4, -0.2) is 23.4 Å². The molecule has 0 saturated heterocycles. The summed E-state index contributed by atoms with van der Waals surface area (Å²) < 4.78 is 7.19. The maximum absolute atomic E-state index is 5.24. The number of nitrogens with one attached hydrogen (secondary N) is 1. The number of methoxy groups -OCH3 is 1. The van der Waals surface area contributed by atoms with Crippen molar-refractivity contribution >= 4 is 0 Å². The number of aromatic nitrogens is 2. The molecule has 0 radical (unpaired) electrons. The third-order valence-electron chi connectivity index (χ3n) is 2.15. The molecular weight excluding hydrogens is 178 g/mol. The van der Waals surface area contributed by atoms with E-state index in [2.05, 4.69) is 24.3 Å². The number of aryl methyl sites for hydroxylation is 1. The lowest BCUT2D eigenvalue weighted by Gasteiger charge is -2.07. The molecule has 0 aliphatic carbocycles. The number of ether oxygens (including phenoxy) is 1. The Hall–Kier alpha value is -1.03. The monoisotopic (exact) mass is 197 g/mol. The van der Waals surface area contributed by atoms with Gasteiger partial charge in [-0.3, -0.25) is 4.68 Å². The van der Waals surface area contributed by atoms with Gasteiger partial charge in [0.05, 0.1) is 19.0 Å². The minimum Gasteiger partial charge on any atom is -0.493 e.